The Morgan fingerprint density at radius 3 is 2.44 bits per heavy atom. The lowest BCUT2D eigenvalue weighted by Gasteiger charge is -2.31. The zero-order valence-corrected chi connectivity index (χ0v) is 14.7. The first kappa shape index (κ1) is 17.5. The molecule has 0 aliphatic carbocycles. The molecule has 2 saturated heterocycles. The van der Waals surface area contributed by atoms with Crippen molar-refractivity contribution in [2.75, 3.05) is 24.5 Å². The van der Waals surface area contributed by atoms with E-state index in [0.717, 1.165) is 16.8 Å². The molecule has 0 bridgehead atoms. The second kappa shape index (κ2) is 6.86. The van der Waals surface area contributed by atoms with Crippen molar-refractivity contribution in [1.29, 1.82) is 0 Å². The predicted molar refractivity (Wildman–Crippen MR) is 93.3 cm³/mol. The van der Waals surface area contributed by atoms with Gasteiger partial charge < -0.3 is 14.9 Å². The molecule has 6 heteroatoms. The molecule has 0 spiro atoms. The van der Waals surface area contributed by atoms with Gasteiger partial charge in [0.15, 0.2) is 0 Å². The summed E-state index contributed by atoms with van der Waals surface area (Å²) in [6, 6.07) is 5.86. The summed E-state index contributed by atoms with van der Waals surface area (Å²) in [7, 11) is 0. The number of rotatable bonds is 3. The van der Waals surface area contributed by atoms with Crippen LogP contribution < -0.4 is 4.90 Å². The van der Waals surface area contributed by atoms with E-state index in [2.05, 4.69) is 0 Å². The number of amides is 2. The van der Waals surface area contributed by atoms with Crippen LogP contribution in [0, 0.1) is 25.7 Å². The van der Waals surface area contributed by atoms with Crippen molar-refractivity contribution in [1.82, 2.24) is 4.90 Å². The lowest BCUT2D eigenvalue weighted by Crippen LogP contribution is -2.43. The average Bonchev–Trinajstić information content (AvgIpc) is 2.98. The van der Waals surface area contributed by atoms with Gasteiger partial charge in [-0.05, 0) is 43.9 Å². The minimum atomic E-state index is -0.788. The van der Waals surface area contributed by atoms with Crippen LogP contribution in [0.1, 0.15) is 30.4 Å². The number of benzene rings is 1. The Kier molecular flexibility index (Phi) is 4.79. The molecule has 6 nitrogen and oxygen atoms in total. The van der Waals surface area contributed by atoms with Crippen LogP contribution in [-0.2, 0) is 14.4 Å². The highest BCUT2D eigenvalue weighted by Gasteiger charge is 2.39. The molecule has 1 aromatic carbocycles. The van der Waals surface area contributed by atoms with Gasteiger partial charge in [0.05, 0.1) is 11.8 Å². The first-order chi connectivity index (χ1) is 11.9. The molecule has 0 radical (unpaired) electrons. The number of carboxylic acid groups (broad SMARTS) is 1. The van der Waals surface area contributed by atoms with Crippen molar-refractivity contribution in [3.63, 3.8) is 0 Å². The molecule has 2 fully saturated rings. The summed E-state index contributed by atoms with van der Waals surface area (Å²) in [5.41, 5.74) is 3.06. The lowest BCUT2D eigenvalue weighted by atomic mass is 9.95. The number of carboxylic acids is 1. The Bertz CT molecular complexity index is 707. The van der Waals surface area contributed by atoms with Crippen LogP contribution in [0.3, 0.4) is 0 Å². The van der Waals surface area contributed by atoms with Gasteiger partial charge in [-0.15, -0.1) is 0 Å². The zero-order chi connectivity index (χ0) is 18.1. The molecule has 2 aliphatic heterocycles. The summed E-state index contributed by atoms with van der Waals surface area (Å²) in [5.74, 6) is -1.53. The second-order valence-electron chi connectivity index (χ2n) is 7.06. The maximum atomic E-state index is 12.8. The van der Waals surface area contributed by atoms with Crippen molar-refractivity contribution >= 4 is 23.5 Å². The standard InChI is InChI=1S/C19H24N2O4/c1-12-4-3-5-16(13(12)2)21-11-15(10-17(21)22)18(23)20-8-6-14(7-9-20)19(24)25/h3-5,14-15H,6-11H2,1-2H3,(H,24,25)/t15-/m0/s1. The van der Waals surface area contributed by atoms with E-state index in [4.69, 9.17) is 5.11 Å². The van der Waals surface area contributed by atoms with Crippen LogP contribution in [-0.4, -0.2) is 47.4 Å². The molecule has 0 aromatic heterocycles. The maximum absolute atomic E-state index is 12.8. The molecular formula is C19H24N2O4. The summed E-state index contributed by atoms with van der Waals surface area (Å²) in [6.45, 7) is 5.33. The molecule has 0 unspecified atom stereocenters. The third kappa shape index (κ3) is 3.38. The van der Waals surface area contributed by atoms with Crippen molar-refractivity contribution in [2.24, 2.45) is 11.8 Å². The summed E-state index contributed by atoms with van der Waals surface area (Å²) in [5, 5.41) is 9.06. The molecule has 0 saturated carbocycles. The third-order valence-corrected chi connectivity index (χ3v) is 5.50. The Balaban J connectivity index is 1.67. The fourth-order valence-electron chi connectivity index (χ4n) is 3.74. The van der Waals surface area contributed by atoms with Gasteiger partial charge in [0.25, 0.3) is 0 Å². The summed E-state index contributed by atoms with van der Waals surface area (Å²) in [4.78, 5) is 39.7. The first-order valence-electron chi connectivity index (χ1n) is 8.76. The minimum absolute atomic E-state index is 0.0209. The number of nitrogens with zero attached hydrogens (tertiary/aromatic N) is 2. The van der Waals surface area contributed by atoms with Crippen LogP contribution in [0.5, 0.6) is 0 Å². The second-order valence-corrected chi connectivity index (χ2v) is 7.06. The van der Waals surface area contributed by atoms with Gasteiger partial charge in [-0.1, -0.05) is 12.1 Å². The van der Waals surface area contributed by atoms with Crippen LogP contribution in [0.25, 0.3) is 0 Å². The van der Waals surface area contributed by atoms with E-state index in [-0.39, 0.29) is 30.1 Å². The molecule has 134 valence electrons. The fourth-order valence-corrected chi connectivity index (χ4v) is 3.74. The zero-order valence-electron chi connectivity index (χ0n) is 14.7. The van der Waals surface area contributed by atoms with Crippen LogP contribution in [0.15, 0.2) is 18.2 Å². The van der Waals surface area contributed by atoms with Crippen molar-refractivity contribution in [3.05, 3.63) is 29.3 Å². The van der Waals surface area contributed by atoms with Gasteiger partial charge in [-0.2, -0.15) is 0 Å². The number of hydrogen-bond acceptors (Lipinski definition) is 3. The molecule has 2 heterocycles. The van der Waals surface area contributed by atoms with E-state index >= 15 is 0 Å². The largest absolute Gasteiger partial charge is 0.481 e. The number of anilines is 1. The molecule has 2 amide bonds. The van der Waals surface area contributed by atoms with Crippen LogP contribution in [0.2, 0.25) is 0 Å². The minimum Gasteiger partial charge on any atom is -0.481 e. The number of carbonyl (C=O) groups is 3. The van der Waals surface area contributed by atoms with E-state index < -0.39 is 5.97 Å². The Morgan fingerprint density at radius 2 is 1.80 bits per heavy atom. The maximum Gasteiger partial charge on any atom is 0.306 e. The number of aliphatic carboxylic acids is 1. The van der Waals surface area contributed by atoms with Crippen molar-refractivity contribution in [2.45, 2.75) is 33.1 Å². The molecule has 25 heavy (non-hydrogen) atoms. The Hall–Kier alpha value is -2.37. The number of piperidine rings is 1. The smallest absolute Gasteiger partial charge is 0.306 e. The quantitative estimate of drug-likeness (QED) is 0.909. The SMILES string of the molecule is Cc1cccc(N2C[C@@H](C(=O)N3CCC(C(=O)O)CC3)CC2=O)c1C. The van der Waals surface area contributed by atoms with Crippen LogP contribution >= 0.6 is 0 Å². The van der Waals surface area contributed by atoms with Gasteiger partial charge in [0, 0.05) is 31.7 Å². The number of hydrogen-bond donors (Lipinski definition) is 1. The highest BCUT2D eigenvalue weighted by molar-refractivity contribution is 6.01. The average molecular weight is 344 g/mol. The van der Waals surface area contributed by atoms with Gasteiger partial charge in [0.1, 0.15) is 0 Å². The van der Waals surface area contributed by atoms with Gasteiger partial charge in [-0.25, -0.2) is 0 Å². The van der Waals surface area contributed by atoms with Gasteiger partial charge >= 0.3 is 5.97 Å². The predicted octanol–water partition coefficient (Wildman–Crippen LogP) is 1.98. The molecular weight excluding hydrogens is 320 g/mol. The highest BCUT2D eigenvalue weighted by Crippen LogP contribution is 2.31. The number of carbonyl (C=O) groups excluding carboxylic acids is 2. The van der Waals surface area contributed by atoms with E-state index in [0.29, 0.717) is 32.5 Å². The van der Waals surface area contributed by atoms with Crippen molar-refractivity contribution < 1.29 is 19.5 Å². The normalized spacial score (nSPS) is 21.7. The molecule has 1 atom stereocenters. The van der Waals surface area contributed by atoms with E-state index in [1.807, 2.05) is 32.0 Å². The molecule has 1 aromatic rings. The summed E-state index contributed by atoms with van der Waals surface area (Å²) < 4.78 is 0. The molecule has 1 N–H and O–H groups in total. The lowest BCUT2D eigenvalue weighted by molar-refractivity contribution is -0.146. The van der Waals surface area contributed by atoms with Crippen LogP contribution in [0.4, 0.5) is 5.69 Å². The van der Waals surface area contributed by atoms with E-state index in [1.54, 1.807) is 9.80 Å². The summed E-state index contributed by atoms with van der Waals surface area (Å²) >= 11 is 0. The van der Waals surface area contributed by atoms with Gasteiger partial charge in [0.2, 0.25) is 11.8 Å². The monoisotopic (exact) mass is 344 g/mol. The van der Waals surface area contributed by atoms with E-state index in [1.165, 1.54) is 0 Å². The van der Waals surface area contributed by atoms with E-state index in [9.17, 15) is 14.4 Å². The fraction of sp³-hybridized carbons (Fsp3) is 0.526. The summed E-state index contributed by atoms with van der Waals surface area (Å²) in [6.07, 6.45) is 1.20. The van der Waals surface area contributed by atoms with Gasteiger partial charge in [-0.3, -0.25) is 14.4 Å². The van der Waals surface area contributed by atoms with Crippen molar-refractivity contribution in [3.8, 4) is 0 Å². The topological polar surface area (TPSA) is 77.9 Å². The Labute approximate surface area is 147 Å². The highest BCUT2D eigenvalue weighted by atomic mass is 16.4. The molecule has 3 rings (SSSR count). The molecule has 2 aliphatic rings. The number of aryl methyl sites for hydroxylation is 1. The number of likely N-dealkylation sites (tertiary alicyclic amines) is 1. The Morgan fingerprint density at radius 1 is 1.12 bits per heavy atom. The first-order valence-corrected chi connectivity index (χ1v) is 8.76. The third-order valence-electron chi connectivity index (χ3n) is 5.50.